The van der Waals surface area contributed by atoms with Crippen LogP contribution >= 0.6 is 46.1 Å². The Balaban J connectivity index is 1.70. The highest BCUT2D eigenvalue weighted by atomic mass is 35.5. The van der Waals surface area contributed by atoms with Crippen LogP contribution in [0.5, 0.6) is 0 Å². The Labute approximate surface area is 164 Å². The summed E-state index contributed by atoms with van der Waals surface area (Å²) < 4.78 is 0.781. The van der Waals surface area contributed by atoms with Gasteiger partial charge in [-0.15, -0.1) is 11.3 Å². The normalized spacial score (nSPS) is 16.3. The summed E-state index contributed by atoms with van der Waals surface area (Å²) in [7, 11) is 0. The highest BCUT2D eigenvalue weighted by Crippen LogP contribution is 2.41. The maximum absolute atomic E-state index is 12.6. The molecule has 2 amide bonds. The molecule has 1 saturated heterocycles. The lowest BCUT2D eigenvalue weighted by molar-refractivity contribution is -0.119. The van der Waals surface area contributed by atoms with Gasteiger partial charge in [0.25, 0.3) is 5.91 Å². The van der Waals surface area contributed by atoms with E-state index in [1.54, 1.807) is 12.1 Å². The number of nitrogens with two attached hydrogens (primary N) is 1. The molecule has 0 spiro atoms. The molecule has 2 aromatic rings. The van der Waals surface area contributed by atoms with Crippen molar-refractivity contribution < 1.29 is 9.59 Å². The summed E-state index contributed by atoms with van der Waals surface area (Å²) in [5.41, 5.74) is 5.21. The van der Waals surface area contributed by atoms with Crippen LogP contribution in [-0.4, -0.2) is 42.4 Å². The van der Waals surface area contributed by atoms with Crippen LogP contribution in [0.3, 0.4) is 0 Å². The van der Waals surface area contributed by atoms with Gasteiger partial charge in [-0.2, -0.15) is 0 Å². The summed E-state index contributed by atoms with van der Waals surface area (Å²) in [6.07, 6.45) is 1.52. The third-order valence-electron chi connectivity index (χ3n) is 4.16. The molecule has 25 heavy (non-hydrogen) atoms. The molecule has 0 radical (unpaired) electrons. The van der Waals surface area contributed by atoms with Gasteiger partial charge in [0, 0.05) is 34.2 Å². The smallest absolute Gasteiger partial charge is 0.263 e. The quantitative estimate of drug-likeness (QED) is 0.794. The number of halogens is 3. The average molecular weight is 421 g/mol. The van der Waals surface area contributed by atoms with Crippen molar-refractivity contribution in [1.29, 1.82) is 0 Å². The van der Waals surface area contributed by atoms with Crippen LogP contribution in [0, 0.1) is 0 Å². The summed E-state index contributed by atoms with van der Waals surface area (Å²) >= 11 is 19.9. The molecule has 0 unspecified atom stereocenters. The van der Waals surface area contributed by atoms with Gasteiger partial charge in [0.15, 0.2) is 0 Å². The SMILES string of the molecule is NC(=O)CN1CCC(NC(=O)c2sc3cc(Cl)cc(Cl)c3c2Cl)CC1. The predicted octanol–water partition coefficient (Wildman–Crippen LogP) is 3.54. The summed E-state index contributed by atoms with van der Waals surface area (Å²) in [6, 6.07) is 3.40. The topological polar surface area (TPSA) is 75.4 Å². The largest absolute Gasteiger partial charge is 0.369 e. The Kier molecular flexibility index (Phi) is 5.75. The van der Waals surface area contributed by atoms with Crippen LogP contribution in [0.25, 0.3) is 10.1 Å². The number of primary amides is 1. The summed E-state index contributed by atoms with van der Waals surface area (Å²) in [4.78, 5) is 26.0. The van der Waals surface area contributed by atoms with E-state index in [9.17, 15) is 9.59 Å². The number of rotatable bonds is 4. The number of thiophene rings is 1. The number of hydrogen-bond donors (Lipinski definition) is 2. The maximum Gasteiger partial charge on any atom is 0.263 e. The van der Waals surface area contributed by atoms with E-state index in [0.29, 0.717) is 25.3 Å². The Morgan fingerprint density at radius 2 is 1.92 bits per heavy atom. The second-order valence-electron chi connectivity index (χ2n) is 6.00. The van der Waals surface area contributed by atoms with Crippen LogP contribution in [-0.2, 0) is 4.79 Å². The first kappa shape index (κ1) is 18.7. The summed E-state index contributed by atoms with van der Waals surface area (Å²) in [6.45, 7) is 1.69. The zero-order chi connectivity index (χ0) is 18.1. The minimum absolute atomic E-state index is 0.0389. The second-order valence-corrected chi connectivity index (χ2v) is 8.27. The van der Waals surface area contributed by atoms with E-state index in [4.69, 9.17) is 40.5 Å². The number of amides is 2. The maximum atomic E-state index is 12.6. The van der Waals surface area contributed by atoms with Crippen LogP contribution in [0.4, 0.5) is 0 Å². The molecule has 5 nitrogen and oxygen atoms in total. The number of hydrogen-bond acceptors (Lipinski definition) is 4. The van der Waals surface area contributed by atoms with Crippen molar-refractivity contribution in [2.45, 2.75) is 18.9 Å². The van der Waals surface area contributed by atoms with Crippen molar-refractivity contribution in [2.75, 3.05) is 19.6 Å². The molecule has 3 rings (SSSR count). The van der Waals surface area contributed by atoms with Crippen molar-refractivity contribution in [1.82, 2.24) is 10.2 Å². The molecule has 9 heteroatoms. The van der Waals surface area contributed by atoms with Gasteiger partial charge in [-0.1, -0.05) is 34.8 Å². The lowest BCUT2D eigenvalue weighted by atomic mass is 10.0. The molecule has 0 bridgehead atoms. The number of piperidine rings is 1. The number of fused-ring (bicyclic) bond motifs is 1. The van der Waals surface area contributed by atoms with Crippen molar-refractivity contribution in [3.63, 3.8) is 0 Å². The molecular formula is C16H16Cl3N3O2S. The fraction of sp³-hybridized carbons (Fsp3) is 0.375. The molecule has 1 fully saturated rings. The van der Waals surface area contributed by atoms with Gasteiger partial charge in [0.1, 0.15) is 4.88 Å². The van der Waals surface area contributed by atoms with Crippen molar-refractivity contribution >= 4 is 68.0 Å². The van der Waals surface area contributed by atoms with E-state index in [-0.39, 0.29) is 24.4 Å². The first-order chi connectivity index (χ1) is 11.8. The Hall–Kier alpha value is -1.05. The monoisotopic (exact) mass is 419 g/mol. The number of benzene rings is 1. The fourth-order valence-corrected chi connectivity index (χ4v) is 5.25. The van der Waals surface area contributed by atoms with Crippen LogP contribution < -0.4 is 11.1 Å². The van der Waals surface area contributed by atoms with Gasteiger partial charge in [0.2, 0.25) is 5.91 Å². The highest BCUT2D eigenvalue weighted by Gasteiger charge is 2.25. The number of carbonyl (C=O) groups is 2. The van der Waals surface area contributed by atoms with Crippen LogP contribution in [0.1, 0.15) is 22.5 Å². The minimum Gasteiger partial charge on any atom is -0.369 e. The zero-order valence-corrected chi connectivity index (χ0v) is 16.2. The minimum atomic E-state index is -0.338. The van der Waals surface area contributed by atoms with E-state index in [0.717, 1.165) is 30.6 Å². The molecule has 0 atom stereocenters. The Bertz CT molecular complexity index is 832. The number of likely N-dealkylation sites (tertiary alicyclic amines) is 1. The van der Waals surface area contributed by atoms with Crippen molar-refractivity contribution in [3.8, 4) is 0 Å². The van der Waals surface area contributed by atoms with Gasteiger partial charge < -0.3 is 11.1 Å². The molecule has 1 aromatic heterocycles. The Morgan fingerprint density at radius 3 is 2.56 bits per heavy atom. The molecule has 134 valence electrons. The number of nitrogens with one attached hydrogen (secondary N) is 1. The predicted molar refractivity (Wildman–Crippen MR) is 103 cm³/mol. The third kappa shape index (κ3) is 4.20. The molecule has 1 aliphatic heterocycles. The zero-order valence-electron chi connectivity index (χ0n) is 13.2. The molecule has 3 N–H and O–H groups in total. The number of carbonyl (C=O) groups excluding carboxylic acids is 2. The van der Waals surface area contributed by atoms with E-state index in [1.807, 2.05) is 4.90 Å². The first-order valence-electron chi connectivity index (χ1n) is 7.73. The van der Waals surface area contributed by atoms with E-state index >= 15 is 0 Å². The first-order valence-corrected chi connectivity index (χ1v) is 9.68. The molecule has 0 saturated carbocycles. The van der Waals surface area contributed by atoms with Gasteiger partial charge in [0.05, 0.1) is 16.6 Å². The van der Waals surface area contributed by atoms with Gasteiger partial charge in [-0.05, 0) is 25.0 Å². The molecule has 2 heterocycles. The van der Waals surface area contributed by atoms with E-state index in [2.05, 4.69) is 5.32 Å². The molecular weight excluding hydrogens is 405 g/mol. The molecule has 1 aliphatic rings. The lowest BCUT2D eigenvalue weighted by Gasteiger charge is -2.31. The summed E-state index contributed by atoms with van der Waals surface area (Å²) in [5.74, 6) is -0.554. The van der Waals surface area contributed by atoms with E-state index in [1.165, 1.54) is 11.3 Å². The molecule has 0 aliphatic carbocycles. The van der Waals surface area contributed by atoms with Crippen LogP contribution in [0.15, 0.2) is 12.1 Å². The lowest BCUT2D eigenvalue weighted by Crippen LogP contribution is -2.46. The number of nitrogens with zero attached hydrogens (tertiary/aromatic N) is 1. The van der Waals surface area contributed by atoms with E-state index < -0.39 is 0 Å². The average Bonchev–Trinajstić information content (AvgIpc) is 2.85. The standard InChI is InChI=1S/C16H16Cl3N3O2S/c17-8-5-10(18)13-11(6-8)25-15(14(13)19)16(24)21-9-1-3-22(4-2-9)7-12(20)23/h5-6,9H,1-4,7H2,(H2,20,23)(H,21,24). The van der Waals surface area contributed by atoms with Crippen molar-refractivity contribution in [3.05, 3.63) is 32.1 Å². The highest BCUT2D eigenvalue weighted by molar-refractivity contribution is 7.21. The van der Waals surface area contributed by atoms with Gasteiger partial charge >= 0.3 is 0 Å². The summed E-state index contributed by atoms with van der Waals surface area (Å²) in [5, 5.41) is 4.95. The van der Waals surface area contributed by atoms with Crippen molar-refractivity contribution in [2.24, 2.45) is 5.73 Å². The Morgan fingerprint density at radius 1 is 1.24 bits per heavy atom. The fourth-order valence-electron chi connectivity index (χ4n) is 2.96. The van der Waals surface area contributed by atoms with Gasteiger partial charge in [-0.3, -0.25) is 14.5 Å². The second kappa shape index (κ2) is 7.68. The molecule has 1 aromatic carbocycles. The van der Waals surface area contributed by atoms with Crippen LogP contribution in [0.2, 0.25) is 15.1 Å². The third-order valence-corrected chi connectivity index (χ3v) is 6.30. The van der Waals surface area contributed by atoms with Gasteiger partial charge in [-0.25, -0.2) is 0 Å².